The summed E-state index contributed by atoms with van der Waals surface area (Å²) in [5.41, 5.74) is 6.85. The Bertz CT molecular complexity index is 570. The normalized spacial score (nSPS) is 13.7. The molecule has 0 aliphatic heterocycles. The van der Waals surface area contributed by atoms with Crippen LogP contribution in [0.5, 0.6) is 0 Å². The zero-order valence-electron chi connectivity index (χ0n) is 17.0. The molecule has 2 unspecified atom stereocenters. The summed E-state index contributed by atoms with van der Waals surface area (Å²) in [6, 6.07) is -0.157. The number of halogens is 1. The maximum absolute atomic E-state index is 12.4. The number of anilines is 1. The molecule has 1 heterocycles. The number of hydrogen-bond acceptors (Lipinski definition) is 5. The van der Waals surface area contributed by atoms with E-state index in [-0.39, 0.29) is 11.9 Å². The van der Waals surface area contributed by atoms with Gasteiger partial charge in [0.15, 0.2) is 0 Å². The summed E-state index contributed by atoms with van der Waals surface area (Å²) in [5.74, 6) is 2.19. The Morgan fingerprint density at radius 2 is 1.92 bits per heavy atom. The quantitative estimate of drug-likeness (QED) is 0.606. The molecular formula is C19H34ClN5O. The lowest BCUT2D eigenvalue weighted by molar-refractivity contribution is -0.132. The van der Waals surface area contributed by atoms with E-state index >= 15 is 0 Å². The van der Waals surface area contributed by atoms with Gasteiger partial charge in [0, 0.05) is 18.7 Å². The Labute approximate surface area is 162 Å². The summed E-state index contributed by atoms with van der Waals surface area (Å²) in [6.07, 6.45) is 2.65. The summed E-state index contributed by atoms with van der Waals surface area (Å²) in [7, 11) is 1.81. The Hall–Kier alpha value is -1.40. The smallest absolute Gasteiger partial charge is 0.239 e. The number of carbonyl (C=O) groups is 1. The monoisotopic (exact) mass is 383 g/mol. The number of aromatic nitrogens is 2. The minimum atomic E-state index is -0.157. The van der Waals surface area contributed by atoms with Crippen LogP contribution < -0.4 is 11.1 Å². The van der Waals surface area contributed by atoms with Crippen LogP contribution in [-0.2, 0) is 11.2 Å². The number of rotatable bonds is 10. The topological polar surface area (TPSA) is 84.1 Å². The summed E-state index contributed by atoms with van der Waals surface area (Å²) < 4.78 is 0. The molecule has 0 bridgehead atoms. The third-order valence-corrected chi connectivity index (χ3v) is 5.39. The van der Waals surface area contributed by atoms with Crippen LogP contribution >= 0.6 is 11.6 Å². The van der Waals surface area contributed by atoms with Gasteiger partial charge in [-0.25, -0.2) is 9.97 Å². The van der Waals surface area contributed by atoms with Crippen molar-refractivity contribution in [2.45, 2.75) is 59.9 Å². The second kappa shape index (κ2) is 10.7. The van der Waals surface area contributed by atoms with Crippen LogP contribution in [0, 0.1) is 18.8 Å². The molecule has 0 aromatic carbocycles. The number of carbonyl (C=O) groups excluding carboxylic acids is 1. The molecule has 7 heteroatoms. The highest BCUT2D eigenvalue weighted by molar-refractivity contribution is 6.30. The Morgan fingerprint density at radius 3 is 2.42 bits per heavy atom. The van der Waals surface area contributed by atoms with Crippen molar-refractivity contribution in [3.8, 4) is 0 Å². The fraction of sp³-hybridized carbons (Fsp3) is 0.737. The lowest BCUT2D eigenvalue weighted by Gasteiger charge is -2.28. The molecule has 0 saturated carbocycles. The minimum Gasteiger partial charge on any atom is -0.383 e. The second-order valence-corrected chi connectivity index (χ2v) is 7.54. The zero-order valence-corrected chi connectivity index (χ0v) is 17.7. The third kappa shape index (κ3) is 6.40. The van der Waals surface area contributed by atoms with Crippen molar-refractivity contribution in [1.82, 2.24) is 20.2 Å². The van der Waals surface area contributed by atoms with Crippen LogP contribution in [0.1, 0.15) is 51.9 Å². The van der Waals surface area contributed by atoms with Gasteiger partial charge in [-0.1, -0.05) is 25.4 Å². The number of nitrogens with one attached hydrogen (secondary N) is 1. The van der Waals surface area contributed by atoms with Crippen molar-refractivity contribution in [2.24, 2.45) is 11.8 Å². The molecule has 0 saturated heterocycles. The van der Waals surface area contributed by atoms with E-state index in [1.54, 1.807) is 6.92 Å². The number of nitrogens with two attached hydrogens (primary N) is 1. The number of amides is 1. The van der Waals surface area contributed by atoms with E-state index in [4.69, 9.17) is 17.3 Å². The average Bonchev–Trinajstić information content (AvgIpc) is 2.57. The first-order valence-corrected chi connectivity index (χ1v) is 9.83. The van der Waals surface area contributed by atoms with Crippen LogP contribution in [0.4, 0.5) is 5.82 Å². The molecule has 6 nitrogen and oxygen atoms in total. The van der Waals surface area contributed by atoms with Crippen molar-refractivity contribution < 1.29 is 4.79 Å². The summed E-state index contributed by atoms with van der Waals surface area (Å²) in [6.45, 7) is 11.6. The zero-order chi connectivity index (χ0) is 19.9. The van der Waals surface area contributed by atoms with Crippen LogP contribution in [0.3, 0.4) is 0 Å². The molecule has 0 radical (unpaired) electrons. The standard InChI is InChI=1S/C19H34ClN5O/c1-7-25(19(26)13(4)22-6)11-10-15(12(2)3)8-9-16-17(20)23-14(5)24-18(16)21/h12-13,15,22H,7-11H2,1-6H3,(H2,21,23,24). The van der Waals surface area contributed by atoms with Gasteiger partial charge in [0.25, 0.3) is 0 Å². The van der Waals surface area contributed by atoms with Gasteiger partial charge in [-0.2, -0.15) is 0 Å². The first-order valence-electron chi connectivity index (χ1n) is 9.45. The van der Waals surface area contributed by atoms with Gasteiger partial charge in [0.05, 0.1) is 6.04 Å². The summed E-state index contributed by atoms with van der Waals surface area (Å²) in [5, 5.41) is 3.47. The largest absolute Gasteiger partial charge is 0.383 e. The van der Waals surface area contributed by atoms with E-state index in [0.29, 0.717) is 28.6 Å². The highest BCUT2D eigenvalue weighted by atomic mass is 35.5. The van der Waals surface area contributed by atoms with Crippen LogP contribution in [-0.4, -0.2) is 47.0 Å². The van der Waals surface area contributed by atoms with Gasteiger partial charge in [-0.05, 0) is 58.9 Å². The van der Waals surface area contributed by atoms with E-state index in [9.17, 15) is 4.79 Å². The van der Waals surface area contributed by atoms with E-state index in [1.807, 2.05) is 25.8 Å². The molecule has 1 aromatic rings. The van der Waals surface area contributed by atoms with E-state index < -0.39 is 0 Å². The predicted molar refractivity (Wildman–Crippen MR) is 108 cm³/mol. The molecule has 0 aliphatic rings. The van der Waals surface area contributed by atoms with Crippen molar-refractivity contribution >= 4 is 23.3 Å². The van der Waals surface area contributed by atoms with Crippen LogP contribution in [0.2, 0.25) is 5.15 Å². The summed E-state index contributed by atoms with van der Waals surface area (Å²) >= 11 is 6.25. The first-order chi connectivity index (χ1) is 12.2. The van der Waals surface area contributed by atoms with Gasteiger partial charge in [-0.15, -0.1) is 0 Å². The van der Waals surface area contributed by atoms with Gasteiger partial charge < -0.3 is 16.0 Å². The Morgan fingerprint density at radius 1 is 1.27 bits per heavy atom. The summed E-state index contributed by atoms with van der Waals surface area (Å²) in [4.78, 5) is 22.8. The molecule has 0 fully saturated rings. The van der Waals surface area contributed by atoms with Gasteiger partial charge in [-0.3, -0.25) is 4.79 Å². The minimum absolute atomic E-state index is 0.150. The maximum atomic E-state index is 12.4. The van der Waals surface area contributed by atoms with Crippen molar-refractivity contribution in [3.63, 3.8) is 0 Å². The molecule has 0 spiro atoms. The van der Waals surface area contributed by atoms with Gasteiger partial charge in [0.1, 0.15) is 16.8 Å². The number of aryl methyl sites for hydroxylation is 1. The van der Waals surface area contributed by atoms with Gasteiger partial charge >= 0.3 is 0 Å². The fourth-order valence-electron chi connectivity index (χ4n) is 3.10. The number of nitrogens with zero attached hydrogens (tertiary/aromatic N) is 3. The highest BCUT2D eigenvalue weighted by Gasteiger charge is 2.21. The number of nitrogen functional groups attached to an aromatic ring is 1. The van der Waals surface area contributed by atoms with Crippen LogP contribution in [0.15, 0.2) is 0 Å². The average molecular weight is 384 g/mol. The predicted octanol–water partition coefficient (Wildman–Crippen LogP) is 3.07. The first kappa shape index (κ1) is 22.6. The van der Waals surface area contributed by atoms with E-state index in [0.717, 1.165) is 37.9 Å². The van der Waals surface area contributed by atoms with Crippen LogP contribution in [0.25, 0.3) is 0 Å². The highest BCUT2D eigenvalue weighted by Crippen LogP contribution is 2.26. The molecule has 148 valence electrons. The lowest BCUT2D eigenvalue weighted by atomic mass is 9.87. The molecule has 2 atom stereocenters. The second-order valence-electron chi connectivity index (χ2n) is 7.19. The molecule has 1 aromatic heterocycles. The van der Waals surface area contributed by atoms with Gasteiger partial charge in [0.2, 0.25) is 5.91 Å². The molecule has 1 amide bonds. The van der Waals surface area contributed by atoms with Crippen molar-refractivity contribution in [1.29, 1.82) is 0 Å². The van der Waals surface area contributed by atoms with Crippen molar-refractivity contribution in [2.75, 3.05) is 25.9 Å². The van der Waals surface area contributed by atoms with E-state index in [1.165, 1.54) is 0 Å². The third-order valence-electron chi connectivity index (χ3n) is 5.08. The number of likely N-dealkylation sites (N-methyl/N-ethyl adjacent to an activating group) is 2. The van der Waals surface area contributed by atoms with Crippen molar-refractivity contribution in [3.05, 3.63) is 16.5 Å². The maximum Gasteiger partial charge on any atom is 0.239 e. The van der Waals surface area contributed by atoms with E-state index in [2.05, 4.69) is 29.1 Å². The fourth-order valence-corrected chi connectivity index (χ4v) is 3.41. The molecule has 0 aliphatic carbocycles. The Kier molecular flexibility index (Phi) is 9.30. The Balaban J connectivity index is 2.71. The molecule has 1 rings (SSSR count). The molecule has 26 heavy (non-hydrogen) atoms. The lowest BCUT2D eigenvalue weighted by Crippen LogP contribution is -2.44. The SMILES string of the molecule is CCN(CCC(CCc1c(N)nc(C)nc1Cl)C(C)C)C(=O)C(C)NC. The molecule has 3 N–H and O–H groups in total. The number of hydrogen-bond donors (Lipinski definition) is 2. The molecular weight excluding hydrogens is 350 g/mol.